The molecule has 0 saturated heterocycles. The largest absolute Gasteiger partial charge is 0.419 e. The van der Waals surface area contributed by atoms with Gasteiger partial charge in [0.1, 0.15) is 5.56 Å². The maximum absolute atomic E-state index is 13.8. The van der Waals surface area contributed by atoms with E-state index in [9.17, 15) is 48.3 Å². The number of hydrogen-bond donors (Lipinski definition) is 1. The summed E-state index contributed by atoms with van der Waals surface area (Å²) in [6.07, 6.45) is -0.579. The van der Waals surface area contributed by atoms with Crippen LogP contribution in [0.5, 0.6) is 0 Å². The van der Waals surface area contributed by atoms with Gasteiger partial charge in [-0.1, -0.05) is 26.7 Å². The van der Waals surface area contributed by atoms with E-state index >= 15 is 0 Å². The molecule has 192 valence electrons. The van der Waals surface area contributed by atoms with E-state index in [-0.39, 0.29) is 0 Å². The van der Waals surface area contributed by atoms with E-state index in [4.69, 9.17) is 0 Å². The minimum Gasteiger partial charge on any atom is -0.317 e. The lowest BCUT2D eigenvalue weighted by molar-refractivity contribution is -0.139. The van der Waals surface area contributed by atoms with Gasteiger partial charge in [0.25, 0.3) is 0 Å². The highest BCUT2D eigenvalue weighted by Gasteiger charge is 2.43. The lowest BCUT2D eigenvalue weighted by atomic mass is 9.92. The van der Waals surface area contributed by atoms with Gasteiger partial charge in [-0.15, -0.1) is 0 Å². The Morgan fingerprint density at radius 1 is 0.559 bits per heavy atom. The lowest BCUT2D eigenvalue weighted by Crippen LogP contribution is -2.17. The van der Waals surface area contributed by atoms with Gasteiger partial charge >= 0.3 is 6.18 Å². The number of nitrogens with one attached hydrogen (secondary N) is 1. The zero-order chi connectivity index (χ0) is 26.4. The van der Waals surface area contributed by atoms with Gasteiger partial charge in [0.2, 0.25) is 5.82 Å². The van der Waals surface area contributed by atoms with E-state index < -0.39 is 75.0 Å². The van der Waals surface area contributed by atoms with E-state index in [1.807, 2.05) is 0 Å². The van der Waals surface area contributed by atoms with Crippen LogP contribution in [-0.2, 0) is 6.18 Å². The van der Waals surface area contributed by atoms with Crippen LogP contribution in [0, 0.1) is 53.5 Å². The molecule has 0 saturated carbocycles. The maximum Gasteiger partial charge on any atom is 0.419 e. The molecule has 2 aromatic rings. The number of halogens is 11. The second-order valence-electron chi connectivity index (χ2n) is 7.22. The molecule has 34 heavy (non-hydrogen) atoms. The van der Waals surface area contributed by atoms with Crippen molar-refractivity contribution in [2.75, 3.05) is 13.1 Å². The van der Waals surface area contributed by atoms with Crippen LogP contribution in [0.3, 0.4) is 0 Å². The molecule has 1 nitrogen and oxygen atoms in total. The summed E-state index contributed by atoms with van der Waals surface area (Å²) >= 11 is 0. The topological polar surface area (TPSA) is 12.0 Å². The van der Waals surface area contributed by atoms with E-state index in [0.29, 0.717) is 6.92 Å². The third-order valence-electron chi connectivity index (χ3n) is 4.72. The second kappa shape index (κ2) is 12.4. The van der Waals surface area contributed by atoms with Gasteiger partial charge in [-0.25, -0.2) is 35.1 Å². The van der Waals surface area contributed by atoms with Crippen molar-refractivity contribution >= 4 is 0 Å². The highest BCUT2D eigenvalue weighted by molar-refractivity contribution is 5.73. The first-order chi connectivity index (χ1) is 15.7. The summed E-state index contributed by atoms with van der Waals surface area (Å²) in [6.45, 7) is 7.22. The van der Waals surface area contributed by atoms with Crippen molar-refractivity contribution in [1.82, 2.24) is 5.32 Å². The van der Waals surface area contributed by atoms with Crippen LogP contribution in [0.4, 0.5) is 48.3 Å². The molecule has 0 amide bonds. The van der Waals surface area contributed by atoms with Crippen LogP contribution in [0.1, 0.15) is 50.7 Å². The molecule has 2 aromatic carbocycles. The predicted molar refractivity (Wildman–Crippen MR) is 104 cm³/mol. The summed E-state index contributed by atoms with van der Waals surface area (Å²) in [5.41, 5.74) is -8.45. The van der Waals surface area contributed by atoms with Gasteiger partial charge in [-0.2, -0.15) is 13.2 Å². The Hall–Kier alpha value is -2.37. The minimum absolute atomic E-state index is 0.362. The Bertz CT molecular complexity index is 965. The van der Waals surface area contributed by atoms with Gasteiger partial charge in [0, 0.05) is 5.56 Å². The number of benzene rings is 2. The summed E-state index contributed by atoms with van der Waals surface area (Å²) in [4.78, 5) is 0. The molecule has 0 spiro atoms. The summed E-state index contributed by atoms with van der Waals surface area (Å²) < 4.78 is 146. The van der Waals surface area contributed by atoms with Gasteiger partial charge < -0.3 is 5.32 Å². The smallest absolute Gasteiger partial charge is 0.317 e. The minimum atomic E-state index is -5.83. The fraction of sp³-hybridized carbons (Fsp3) is 0.455. The molecule has 0 aliphatic rings. The molecule has 0 aliphatic heterocycles. The van der Waals surface area contributed by atoms with Crippen molar-refractivity contribution in [3.8, 4) is 11.1 Å². The van der Waals surface area contributed by atoms with Gasteiger partial charge in [0.05, 0.1) is 5.56 Å². The molecule has 0 unspecified atom stereocenters. The fourth-order valence-corrected chi connectivity index (χ4v) is 2.91. The van der Waals surface area contributed by atoms with E-state index in [1.54, 1.807) is 0 Å². The molecular formula is C22H22F11N. The van der Waals surface area contributed by atoms with Crippen molar-refractivity contribution in [1.29, 1.82) is 0 Å². The number of unbranched alkanes of at least 4 members (excludes halogenated alkanes) is 2. The third-order valence-corrected chi connectivity index (χ3v) is 4.72. The summed E-state index contributed by atoms with van der Waals surface area (Å²) in [6, 6.07) is 0. The average molecular weight is 509 g/mol. The van der Waals surface area contributed by atoms with Gasteiger partial charge in [-0.3, -0.25) is 0 Å². The Morgan fingerprint density at radius 2 is 0.941 bits per heavy atom. The third kappa shape index (κ3) is 6.39. The monoisotopic (exact) mass is 509 g/mol. The number of alkyl halides is 3. The van der Waals surface area contributed by atoms with E-state index in [1.165, 1.54) is 38.8 Å². The van der Waals surface area contributed by atoms with Crippen LogP contribution in [0.2, 0.25) is 0 Å². The number of rotatable bonds is 7. The molecule has 0 fully saturated rings. The molecule has 0 bridgehead atoms. The zero-order valence-electron chi connectivity index (χ0n) is 18.4. The molecule has 12 heteroatoms. The van der Waals surface area contributed by atoms with Crippen LogP contribution in [0.15, 0.2) is 0 Å². The van der Waals surface area contributed by atoms with Crippen LogP contribution in [-0.4, -0.2) is 13.1 Å². The molecule has 2 rings (SSSR count). The van der Waals surface area contributed by atoms with Crippen molar-refractivity contribution in [3.63, 3.8) is 0 Å². The van der Waals surface area contributed by atoms with Crippen molar-refractivity contribution < 1.29 is 48.3 Å². The normalized spacial score (nSPS) is 11.5. The molecule has 0 radical (unpaired) electrons. The van der Waals surface area contributed by atoms with Crippen LogP contribution >= 0.6 is 0 Å². The predicted octanol–water partition coefficient (Wildman–Crippen LogP) is 7.97. The standard InChI is InChI=1S/C14H3F11.C8H19N/c1-2-3(4-7(16)11(20)13(22)12(21)8(4)17)5(14(23,24)25)9(18)10(19)6(2)15;1-3-5-7-9-8-6-4-2/h1H3;9H,3-8H2,1-2H3. The Morgan fingerprint density at radius 3 is 1.32 bits per heavy atom. The van der Waals surface area contributed by atoms with Gasteiger partial charge in [-0.05, 0) is 38.4 Å². The van der Waals surface area contributed by atoms with Crippen LogP contribution < -0.4 is 5.32 Å². The zero-order valence-corrected chi connectivity index (χ0v) is 18.4. The molecule has 0 aromatic heterocycles. The van der Waals surface area contributed by atoms with E-state index in [2.05, 4.69) is 19.2 Å². The second-order valence-corrected chi connectivity index (χ2v) is 7.22. The first-order valence-electron chi connectivity index (χ1n) is 10.2. The Labute approximate surface area is 189 Å². The maximum atomic E-state index is 13.8. The molecular weight excluding hydrogens is 487 g/mol. The summed E-state index contributed by atoms with van der Waals surface area (Å²) in [5.74, 6) is -21.2. The fourth-order valence-electron chi connectivity index (χ4n) is 2.91. The average Bonchev–Trinajstić information content (AvgIpc) is 2.78. The molecule has 0 atom stereocenters. The van der Waals surface area contributed by atoms with Crippen molar-refractivity contribution in [2.24, 2.45) is 0 Å². The lowest BCUT2D eigenvalue weighted by Gasteiger charge is -2.19. The summed E-state index contributed by atoms with van der Waals surface area (Å²) in [7, 11) is 0. The first-order valence-corrected chi connectivity index (χ1v) is 10.2. The highest BCUT2D eigenvalue weighted by atomic mass is 19.4. The quantitative estimate of drug-likeness (QED) is 0.173. The summed E-state index contributed by atoms with van der Waals surface area (Å²) in [5, 5.41) is 3.39. The SMILES string of the molecule is CCCCNCCCC.Cc1c(F)c(F)c(F)c(C(F)(F)F)c1-c1c(F)c(F)c(F)c(F)c1F. The van der Waals surface area contributed by atoms with Gasteiger partial charge in [0.15, 0.2) is 40.7 Å². The molecule has 0 heterocycles. The van der Waals surface area contributed by atoms with Crippen molar-refractivity contribution in [2.45, 2.75) is 52.6 Å². The van der Waals surface area contributed by atoms with Crippen molar-refractivity contribution in [3.05, 3.63) is 57.7 Å². The Kier molecular flexibility index (Phi) is 10.8. The molecule has 0 aliphatic carbocycles. The van der Waals surface area contributed by atoms with E-state index in [0.717, 1.165) is 0 Å². The Balaban J connectivity index is 0.000000546. The first kappa shape index (κ1) is 29.7. The van der Waals surface area contributed by atoms with Crippen LogP contribution in [0.25, 0.3) is 11.1 Å². The highest BCUT2D eigenvalue weighted by Crippen LogP contribution is 2.45. The number of hydrogen-bond acceptors (Lipinski definition) is 1. The molecule has 1 N–H and O–H groups in total.